The highest BCUT2D eigenvalue weighted by atomic mass is 35.5. The number of rotatable bonds is 2. The topological polar surface area (TPSA) is 29.1 Å². The standard InChI is InChI=1S/C10H11Cl2NO/c1-6(2)13-10(14)7-4-3-5-8(11)9(7)12/h3-6H,1-2H3,(H,13,14). The Hall–Kier alpha value is -0.730. The summed E-state index contributed by atoms with van der Waals surface area (Å²) in [5, 5.41) is 3.44. The molecule has 0 unspecified atom stereocenters. The highest BCUT2D eigenvalue weighted by molar-refractivity contribution is 6.43. The Morgan fingerprint density at radius 1 is 1.36 bits per heavy atom. The largest absolute Gasteiger partial charge is 0.350 e. The number of nitrogens with one attached hydrogen (secondary N) is 1. The maximum absolute atomic E-state index is 11.6. The van der Waals surface area contributed by atoms with Crippen molar-refractivity contribution in [1.29, 1.82) is 0 Å². The second kappa shape index (κ2) is 4.67. The van der Waals surface area contributed by atoms with Gasteiger partial charge in [0.05, 0.1) is 15.6 Å². The minimum absolute atomic E-state index is 0.0811. The summed E-state index contributed by atoms with van der Waals surface area (Å²) in [7, 11) is 0. The van der Waals surface area contributed by atoms with Gasteiger partial charge in [0.25, 0.3) is 5.91 Å². The van der Waals surface area contributed by atoms with E-state index in [0.29, 0.717) is 15.6 Å². The van der Waals surface area contributed by atoms with Crippen molar-refractivity contribution in [3.05, 3.63) is 33.8 Å². The lowest BCUT2D eigenvalue weighted by atomic mass is 10.2. The van der Waals surface area contributed by atoms with Crippen LogP contribution in [0.5, 0.6) is 0 Å². The quantitative estimate of drug-likeness (QED) is 0.833. The lowest BCUT2D eigenvalue weighted by molar-refractivity contribution is 0.0943. The Balaban J connectivity index is 2.96. The smallest absolute Gasteiger partial charge is 0.253 e. The molecule has 0 heterocycles. The number of amides is 1. The number of halogens is 2. The molecule has 0 aliphatic carbocycles. The molecule has 14 heavy (non-hydrogen) atoms. The van der Waals surface area contributed by atoms with Gasteiger partial charge in [0.2, 0.25) is 0 Å². The van der Waals surface area contributed by atoms with Crippen molar-refractivity contribution < 1.29 is 4.79 Å². The van der Waals surface area contributed by atoms with E-state index in [2.05, 4.69) is 5.32 Å². The first-order chi connectivity index (χ1) is 6.52. The lowest BCUT2D eigenvalue weighted by Gasteiger charge is -2.09. The van der Waals surface area contributed by atoms with Crippen LogP contribution >= 0.6 is 23.2 Å². The van der Waals surface area contributed by atoms with Gasteiger partial charge in [0.1, 0.15) is 0 Å². The molecule has 1 aromatic carbocycles. The van der Waals surface area contributed by atoms with Crippen molar-refractivity contribution >= 4 is 29.1 Å². The van der Waals surface area contributed by atoms with Gasteiger partial charge in [-0.05, 0) is 26.0 Å². The molecule has 76 valence electrons. The summed E-state index contributed by atoms with van der Waals surface area (Å²) in [4.78, 5) is 11.6. The van der Waals surface area contributed by atoms with Crippen molar-refractivity contribution in [1.82, 2.24) is 5.32 Å². The van der Waals surface area contributed by atoms with Gasteiger partial charge in [0, 0.05) is 6.04 Å². The summed E-state index contributed by atoms with van der Waals surface area (Å²) in [6.07, 6.45) is 0. The van der Waals surface area contributed by atoms with Gasteiger partial charge >= 0.3 is 0 Å². The zero-order valence-corrected chi connectivity index (χ0v) is 9.49. The van der Waals surface area contributed by atoms with Gasteiger partial charge in [-0.2, -0.15) is 0 Å². The molecular formula is C10H11Cl2NO. The van der Waals surface area contributed by atoms with E-state index in [1.165, 1.54) is 0 Å². The maximum Gasteiger partial charge on any atom is 0.253 e. The van der Waals surface area contributed by atoms with Crippen LogP contribution in [0.2, 0.25) is 10.0 Å². The van der Waals surface area contributed by atoms with Gasteiger partial charge in [-0.15, -0.1) is 0 Å². The molecule has 0 aliphatic heterocycles. The molecule has 1 N–H and O–H groups in total. The van der Waals surface area contributed by atoms with E-state index in [1.54, 1.807) is 18.2 Å². The molecular weight excluding hydrogens is 221 g/mol. The Morgan fingerprint density at radius 3 is 2.57 bits per heavy atom. The van der Waals surface area contributed by atoms with Crippen LogP contribution in [0.4, 0.5) is 0 Å². The zero-order chi connectivity index (χ0) is 10.7. The fraction of sp³-hybridized carbons (Fsp3) is 0.300. The number of benzene rings is 1. The molecule has 0 spiro atoms. The Bertz CT molecular complexity index is 350. The molecule has 0 saturated heterocycles. The van der Waals surface area contributed by atoms with Crippen LogP contribution < -0.4 is 5.32 Å². The van der Waals surface area contributed by atoms with Gasteiger partial charge in [-0.3, -0.25) is 4.79 Å². The minimum atomic E-state index is -0.201. The highest BCUT2D eigenvalue weighted by Gasteiger charge is 2.12. The molecule has 1 rings (SSSR count). The highest BCUT2D eigenvalue weighted by Crippen LogP contribution is 2.25. The summed E-state index contributed by atoms with van der Waals surface area (Å²) in [6.45, 7) is 3.77. The van der Waals surface area contributed by atoms with Gasteiger partial charge in [-0.25, -0.2) is 0 Å². The first kappa shape index (κ1) is 11.3. The third kappa shape index (κ3) is 2.63. The Labute approximate surface area is 93.2 Å². The maximum atomic E-state index is 11.6. The number of hydrogen-bond donors (Lipinski definition) is 1. The molecule has 0 bridgehead atoms. The van der Waals surface area contributed by atoms with Crippen molar-refractivity contribution in [3.8, 4) is 0 Å². The van der Waals surface area contributed by atoms with Gasteiger partial charge in [0.15, 0.2) is 0 Å². The van der Waals surface area contributed by atoms with Crippen LogP contribution in [0.15, 0.2) is 18.2 Å². The monoisotopic (exact) mass is 231 g/mol. The van der Waals surface area contributed by atoms with E-state index < -0.39 is 0 Å². The van der Waals surface area contributed by atoms with E-state index in [0.717, 1.165) is 0 Å². The molecule has 0 aliphatic rings. The third-order valence-electron chi connectivity index (χ3n) is 1.62. The first-order valence-electron chi connectivity index (χ1n) is 4.27. The van der Waals surface area contributed by atoms with Crippen LogP contribution in [-0.4, -0.2) is 11.9 Å². The van der Waals surface area contributed by atoms with E-state index in [4.69, 9.17) is 23.2 Å². The Kier molecular flexibility index (Phi) is 3.78. The van der Waals surface area contributed by atoms with Gasteiger partial charge < -0.3 is 5.32 Å². The Morgan fingerprint density at radius 2 is 2.00 bits per heavy atom. The number of carbonyl (C=O) groups is 1. The van der Waals surface area contributed by atoms with Crippen molar-refractivity contribution in [2.24, 2.45) is 0 Å². The molecule has 1 aromatic rings. The average molecular weight is 232 g/mol. The second-order valence-corrected chi connectivity index (χ2v) is 4.01. The predicted octanol–water partition coefficient (Wildman–Crippen LogP) is 3.13. The summed E-state index contributed by atoms with van der Waals surface area (Å²) in [5.74, 6) is -0.201. The molecule has 1 amide bonds. The van der Waals surface area contributed by atoms with Crippen molar-refractivity contribution in [3.63, 3.8) is 0 Å². The summed E-state index contributed by atoms with van der Waals surface area (Å²) in [6, 6.07) is 5.07. The molecule has 0 saturated carbocycles. The molecule has 0 fully saturated rings. The number of carbonyl (C=O) groups excluding carboxylic acids is 1. The molecule has 0 radical (unpaired) electrons. The number of hydrogen-bond acceptors (Lipinski definition) is 1. The fourth-order valence-corrected chi connectivity index (χ4v) is 1.41. The second-order valence-electron chi connectivity index (χ2n) is 3.23. The normalized spacial score (nSPS) is 10.4. The van der Waals surface area contributed by atoms with Crippen LogP contribution in [-0.2, 0) is 0 Å². The van der Waals surface area contributed by atoms with E-state index in [-0.39, 0.29) is 11.9 Å². The molecule has 4 heteroatoms. The predicted molar refractivity (Wildman–Crippen MR) is 59.1 cm³/mol. The molecule has 0 atom stereocenters. The lowest BCUT2D eigenvalue weighted by Crippen LogP contribution is -2.30. The third-order valence-corrected chi connectivity index (χ3v) is 2.43. The van der Waals surface area contributed by atoms with Crippen LogP contribution in [0.3, 0.4) is 0 Å². The average Bonchev–Trinajstić information content (AvgIpc) is 2.08. The molecule has 2 nitrogen and oxygen atoms in total. The van der Waals surface area contributed by atoms with Crippen molar-refractivity contribution in [2.75, 3.05) is 0 Å². The van der Waals surface area contributed by atoms with Crippen LogP contribution in [0.25, 0.3) is 0 Å². The SMILES string of the molecule is CC(C)NC(=O)c1cccc(Cl)c1Cl. The van der Waals surface area contributed by atoms with E-state index >= 15 is 0 Å². The zero-order valence-electron chi connectivity index (χ0n) is 7.97. The van der Waals surface area contributed by atoms with Gasteiger partial charge in [-0.1, -0.05) is 29.3 Å². The summed E-state index contributed by atoms with van der Waals surface area (Å²) in [5.41, 5.74) is 0.410. The van der Waals surface area contributed by atoms with E-state index in [1.807, 2.05) is 13.8 Å². The fourth-order valence-electron chi connectivity index (χ4n) is 1.02. The van der Waals surface area contributed by atoms with E-state index in [9.17, 15) is 4.79 Å². The minimum Gasteiger partial charge on any atom is -0.350 e. The van der Waals surface area contributed by atoms with Crippen molar-refractivity contribution in [2.45, 2.75) is 19.9 Å². The van der Waals surface area contributed by atoms with Crippen LogP contribution in [0, 0.1) is 0 Å². The first-order valence-corrected chi connectivity index (χ1v) is 5.03. The van der Waals surface area contributed by atoms with Crippen LogP contribution in [0.1, 0.15) is 24.2 Å². The molecule has 0 aromatic heterocycles. The summed E-state index contributed by atoms with van der Waals surface area (Å²) < 4.78 is 0. The summed E-state index contributed by atoms with van der Waals surface area (Å²) >= 11 is 11.7.